The predicted molar refractivity (Wildman–Crippen MR) is 118 cm³/mol. The summed E-state index contributed by atoms with van der Waals surface area (Å²) < 4.78 is 10.3. The summed E-state index contributed by atoms with van der Waals surface area (Å²) in [6.07, 6.45) is 1.86. The number of fused-ring (bicyclic) bond motifs is 1. The Morgan fingerprint density at radius 3 is 2.53 bits per heavy atom. The molecule has 0 spiro atoms. The molecule has 1 aliphatic rings. The van der Waals surface area contributed by atoms with Crippen LogP contribution in [-0.4, -0.2) is 27.2 Å². The van der Waals surface area contributed by atoms with Gasteiger partial charge in [0, 0.05) is 43.0 Å². The molecule has 1 N–H and O–H groups in total. The third-order valence-corrected chi connectivity index (χ3v) is 5.75. The van der Waals surface area contributed by atoms with Gasteiger partial charge < -0.3 is 19.2 Å². The fraction of sp³-hybridized carbons (Fsp3) is 0.250. The molecule has 5 rings (SSSR count). The Labute approximate surface area is 174 Å². The highest BCUT2D eigenvalue weighted by atomic mass is 16.5. The number of hydrogen-bond acceptors (Lipinski definition) is 4. The SMILES string of the molecule is Cc1cc(-c2ccc3c(nc(C)n3C3CNC3)c2Oc2ccccc2)cn(C)c1=O. The molecular weight excluding hydrogens is 376 g/mol. The number of hydrogen-bond donors (Lipinski definition) is 1. The molecule has 0 unspecified atom stereocenters. The molecule has 6 nitrogen and oxygen atoms in total. The van der Waals surface area contributed by atoms with Crippen LogP contribution in [0, 0.1) is 13.8 Å². The number of imidazole rings is 1. The van der Waals surface area contributed by atoms with E-state index in [0.29, 0.717) is 17.4 Å². The van der Waals surface area contributed by atoms with Gasteiger partial charge in [-0.1, -0.05) is 18.2 Å². The molecular formula is C24H24N4O2. The van der Waals surface area contributed by atoms with E-state index in [4.69, 9.17) is 9.72 Å². The molecule has 3 heterocycles. The summed E-state index contributed by atoms with van der Waals surface area (Å²) >= 11 is 0. The van der Waals surface area contributed by atoms with Gasteiger partial charge in [-0.05, 0) is 44.2 Å². The van der Waals surface area contributed by atoms with Gasteiger partial charge in [-0.2, -0.15) is 0 Å². The van der Waals surface area contributed by atoms with Crippen LogP contribution in [0.5, 0.6) is 11.5 Å². The number of pyridine rings is 1. The Bertz CT molecular complexity index is 1270. The number of aryl methyl sites for hydroxylation is 3. The molecule has 30 heavy (non-hydrogen) atoms. The average Bonchev–Trinajstić information content (AvgIpc) is 3.02. The molecule has 4 aromatic rings. The predicted octanol–water partition coefficient (Wildman–Crippen LogP) is 3.96. The van der Waals surface area contributed by atoms with Crippen molar-refractivity contribution in [2.75, 3.05) is 13.1 Å². The van der Waals surface area contributed by atoms with Gasteiger partial charge in [-0.15, -0.1) is 0 Å². The third-order valence-electron chi connectivity index (χ3n) is 5.75. The van der Waals surface area contributed by atoms with Crippen LogP contribution in [0.15, 0.2) is 59.5 Å². The van der Waals surface area contributed by atoms with Crippen LogP contribution < -0.4 is 15.6 Å². The Balaban J connectivity index is 1.76. The standard InChI is InChI=1S/C24H24N4O2/c1-15-11-17(14-27(3)24(15)29)20-9-10-21-22(23(20)30-19-7-5-4-6-8-19)26-16(2)28(21)18-12-25-13-18/h4-11,14,18,25H,12-13H2,1-3H3. The zero-order chi connectivity index (χ0) is 20.8. The molecule has 0 bridgehead atoms. The summed E-state index contributed by atoms with van der Waals surface area (Å²) in [5, 5.41) is 3.34. The highest BCUT2D eigenvalue weighted by molar-refractivity contribution is 5.91. The average molecular weight is 400 g/mol. The molecule has 0 aliphatic carbocycles. The first-order chi connectivity index (χ1) is 14.5. The molecule has 1 fully saturated rings. The van der Waals surface area contributed by atoms with E-state index >= 15 is 0 Å². The van der Waals surface area contributed by atoms with Gasteiger partial charge in [0.15, 0.2) is 5.75 Å². The molecule has 0 radical (unpaired) electrons. The highest BCUT2D eigenvalue weighted by Crippen LogP contribution is 2.40. The second-order valence-electron chi connectivity index (χ2n) is 7.89. The van der Waals surface area contributed by atoms with Crippen LogP contribution in [0.25, 0.3) is 22.2 Å². The Morgan fingerprint density at radius 1 is 1.10 bits per heavy atom. The van der Waals surface area contributed by atoms with Crippen molar-refractivity contribution in [1.82, 2.24) is 19.4 Å². The molecule has 0 saturated carbocycles. The van der Waals surface area contributed by atoms with Crippen molar-refractivity contribution in [3.05, 3.63) is 76.5 Å². The fourth-order valence-electron chi connectivity index (χ4n) is 4.13. The zero-order valence-electron chi connectivity index (χ0n) is 17.3. The normalized spacial score (nSPS) is 14.1. The van der Waals surface area contributed by atoms with E-state index in [-0.39, 0.29) is 5.56 Å². The van der Waals surface area contributed by atoms with Gasteiger partial charge in [-0.3, -0.25) is 4.79 Å². The van der Waals surface area contributed by atoms with E-state index in [1.807, 2.05) is 56.4 Å². The van der Waals surface area contributed by atoms with Gasteiger partial charge in [0.1, 0.15) is 17.1 Å². The van der Waals surface area contributed by atoms with Crippen LogP contribution in [-0.2, 0) is 7.05 Å². The van der Waals surface area contributed by atoms with Crippen molar-refractivity contribution >= 4 is 11.0 Å². The van der Waals surface area contributed by atoms with Crippen molar-refractivity contribution in [2.45, 2.75) is 19.9 Å². The lowest BCUT2D eigenvalue weighted by atomic mass is 10.0. The van der Waals surface area contributed by atoms with E-state index in [1.54, 1.807) is 11.6 Å². The minimum atomic E-state index is 0.00274. The molecule has 152 valence electrons. The Hall–Kier alpha value is -3.38. The second-order valence-corrected chi connectivity index (χ2v) is 7.89. The minimum absolute atomic E-state index is 0.00274. The van der Waals surface area contributed by atoms with Gasteiger partial charge >= 0.3 is 0 Å². The van der Waals surface area contributed by atoms with Crippen molar-refractivity contribution in [3.8, 4) is 22.6 Å². The van der Waals surface area contributed by atoms with Crippen molar-refractivity contribution in [2.24, 2.45) is 7.05 Å². The summed E-state index contributed by atoms with van der Waals surface area (Å²) in [5.74, 6) is 2.44. The van der Waals surface area contributed by atoms with E-state index in [2.05, 4.69) is 22.0 Å². The number of para-hydroxylation sites is 1. The van der Waals surface area contributed by atoms with Crippen molar-refractivity contribution in [3.63, 3.8) is 0 Å². The number of ether oxygens (including phenoxy) is 1. The molecule has 2 aromatic heterocycles. The number of rotatable bonds is 4. The van der Waals surface area contributed by atoms with Crippen LogP contribution in [0.2, 0.25) is 0 Å². The number of aromatic nitrogens is 3. The Morgan fingerprint density at radius 2 is 1.87 bits per heavy atom. The van der Waals surface area contributed by atoms with Gasteiger partial charge in [0.2, 0.25) is 0 Å². The first-order valence-corrected chi connectivity index (χ1v) is 10.2. The van der Waals surface area contributed by atoms with Crippen LogP contribution in [0.1, 0.15) is 17.4 Å². The first-order valence-electron chi connectivity index (χ1n) is 10.2. The summed E-state index contributed by atoms with van der Waals surface area (Å²) in [7, 11) is 1.78. The summed E-state index contributed by atoms with van der Waals surface area (Å²) in [4.78, 5) is 17.1. The number of nitrogens with one attached hydrogen (secondary N) is 1. The number of benzene rings is 2. The lowest BCUT2D eigenvalue weighted by Crippen LogP contribution is -2.43. The van der Waals surface area contributed by atoms with Gasteiger partial charge in [0.25, 0.3) is 5.56 Å². The highest BCUT2D eigenvalue weighted by Gasteiger charge is 2.25. The Kier molecular flexibility index (Phi) is 4.44. The summed E-state index contributed by atoms with van der Waals surface area (Å²) in [6, 6.07) is 16.3. The van der Waals surface area contributed by atoms with Crippen LogP contribution in [0.3, 0.4) is 0 Å². The van der Waals surface area contributed by atoms with Crippen molar-refractivity contribution < 1.29 is 4.74 Å². The van der Waals surface area contributed by atoms with Gasteiger partial charge in [0.05, 0.1) is 11.6 Å². The summed E-state index contributed by atoms with van der Waals surface area (Å²) in [6.45, 7) is 5.77. The molecule has 0 amide bonds. The monoisotopic (exact) mass is 400 g/mol. The van der Waals surface area contributed by atoms with Crippen molar-refractivity contribution in [1.29, 1.82) is 0 Å². The maximum atomic E-state index is 12.2. The van der Waals surface area contributed by atoms with Gasteiger partial charge in [-0.25, -0.2) is 4.98 Å². The largest absolute Gasteiger partial charge is 0.454 e. The number of nitrogens with zero attached hydrogens (tertiary/aromatic N) is 3. The zero-order valence-corrected chi connectivity index (χ0v) is 17.3. The topological polar surface area (TPSA) is 61.1 Å². The third kappa shape index (κ3) is 3.00. The minimum Gasteiger partial charge on any atom is -0.454 e. The molecule has 6 heteroatoms. The maximum absolute atomic E-state index is 12.2. The quantitative estimate of drug-likeness (QED) is 0.563. The van der Waals surface area contributed by atoms with Crippen LogP contribution in [0.4, 0.5) is 0 Å². The van der Waals surface area contributed by atoms with E-state index in [1.165, 1.54) is 0 Å². The molecule has 2 aromatic carbocycles. The van der Waals surface area contributed by atoms with Crippen LogP contribution >= 0.6 is 0 Å². The second kappa shape index (κ2) is 7.15. The summed E-state index contributed by atoms with van der Waals surface area (Å²) in [5.41, 5.74) is 4.45. The van der Waals surface area contributed by atoms with E-state index in [9.17, 15) is 4.79 Å². The van der Waals surface area contributed by atoms with E-state index in [0.717, 1.165) is 46.8 Å². The maximum Gasteiger partial charge on any atom is 0.253 e. The lowest BCUT2D eigenvalue weighted by molar-refractivity contribution is 0.345. The molecule has 1 aliphatic heterocycles. The van der Waals surface area contributed by atoms with E-state index < -0.39 is 0 Å². The fourth-order valence-corrected chi connectivity index (χ4v) is 4.13. The molecule has 0 atom stereocenters. The first kappa shape index (κ1) is 18.6. The molecule has 1 saturated heterocycles. The smallest absolute Gasteiger partial charge is 0.253 e. The lowest BCUT2D eigenvalue weighted by Gasteiger charge is -2.30.